The number of amides is 2. The van der Waals surface area contributed by atoms with Crippen LogP contribution in [0.1, 0.15) is 38.5 Å². The number of rotatable bonds is 9. The van der Waals surface area contributed by atoms with Crippen LogP contribution in [0.5, 0.6) is 0 Å². The van der Waals surface area contributed by atoms with Gasteiger partial charge in [-0.05, 0) is 118 Å². The number of benzene rings is 6. The number of aliphatic carboxylic acids is 1. The van der Waals surface area contributed by atoms with Crippen molar-refractivity contribution in [3.05, 3.63) is 146 Å². The van der Waals surface area contributed by atoms with E-state index in [9.17, 15) is 19.5 Å². The number of nitrogens with one attached hydrogen (secondary N) is 1. The summed E-state index contributed by atoms with van der Waals surface area (Å²) < 4.78 is 6.41. The minimum absolute atomic E-state index is 0.0938. The van der Waals surface area contributed by atoms with Gasteiger partial charge >= 0.3 is 5.97 Å². The van der Waals surface area contributed by atoms with Crippen LogP contribution in [0.2, 0.25) is 0 Å². The highest BCUT2D eigenvalue weighted by molar-refractivity contribution is 5.85. The predicted octanol–water partition coefficient (Wildman–Crippen LogP) is 9.66. The number of fused-ring (bicyclic) bond motifs is 3. The molecule has 14 rings (SSSR count). The number of carboxylic acid groups (broad SMARTS) is 1. The van der Waals surface area contributed by atoms with Crippen molar-refractivity contribution >= 4 is 67.9 Å². The summed E-state index contributed by atoms with van der Waals surface area (Å²) in [5.74, 6) is 2.75. The Bertz CT molecular complexity index is 3850. The smallest absolute Gasteiger partial charge is 0.308 e. The molecule has 3 atom stereocenters. The summed E-state index contributed by atoms with van der Waals surface area (Å²) in [6.45, 7) is 12.2. The van der Waals surface area contributed by atoms with Gasteiger partial charge in [0.15, 0.2) is 0 Å². The van der Waals surface area contributed by atoms with E-state index < -0.39 is 5.97 Å². The fourth-order valence-corrected chi connectivity index (χ4v) is 13.4. The third-order valence-electron chi connectivity index (χ3n) is 18.3. The van der Waals surface area contributed by atoms with Crippen molar-refractivity contribution in [1.82, 2.24) is 48.7 Å². The van der Waals surface area contributed by atoms with Crippen molar-refractivity contribution in [2.24, 2.45) is 38.9 Å². The van der Waals surface area contributed by atoms with E-state index in [1.165, 1.54) is 11.4 Å². The zero-order chi connectivity index (χ0) is 59.3. The molecule has 0 aliphatic carbocycles. The first kappa shape index (κ1) is 57.9. The summed E-state index contributed by atoms with van der Waals surface area (Å²) in [5.41, 5.74) is 13.1. The van der Waals surface area contributed by atoms with Crippen molar-refractivity contribution in [3.8, 4) is 34.2 Å². The number of para-hydroxylation sites is 6. The maximum absolute atomic E-state index is 13.1. The summed E-state index contributed by atoms with van der Waals surface area (Å²) in [5, 5.41) is 12.6. The van der Waals surface area contributed by atoms with Crippen LogP contribution in [0.4, 0.5) is 17.1 Å². The molecule has 0 unspecified atom stereocenters. The molecule has 0 saturated carbocycles. The number of hydrogen-bond donors (Lipinski definition) is 2. The Balaban J connectivity index is 0.000000127. The highest BCUT2D eigenvalue weighted by Gasteiger charge is 2.33. The van der Waals surface area contributed by atoms with E-state index in [4.69, 9.17) is 15.0 Å². The van der Waals surface area contributed by atoms with Crippen molar-refractivity contribution < 1.29 is 19.5 Å². The van der Waals surface area contributed by atoms with E-state index in [1.54, 1.807) is 0 Å². The number of carboxylic acids is 1. The van der Waals surface area contributed by atoms with Crippen LogP contribution in [0.15, 0.2) is 146 Å². The van der Waals surface area contributed by atoms with Crippen LogP contribution < -0.4 is 20.0 Å². The lowest BCUT2D eigenvalue weighted by molar-refractivity contribution is -0.142. The number of nitrogens with zero attached hydrogens (tertiary/aromatic N) is 12. The van der Waals surface area contributed by atoms with E-state index in [2.05, 4.69) is 168 Å². The summed E-state index contributed by atoms with van der Waals surface area (Å²) >= 11 is 0. The molecule has 2 N–H and O–H groups in total. The molecule has 446 valence electrons. The van der Waals surface area contributed by atoms with Crippen LogP contribution in [0.25, 0.3) is 67.3 Å². The quantitative estimate of drug-likeness (QED) is 0.141. The molecule has 3 aromatic heterocycles. The van der Waals surface area contributed by atoms with Crippen LogP contribution in [-0.4, -0.2) is 165 Å². The Morgan fingerprint density at radius 1 is 0.419 bits per heavy atom. The first-order valence-corrected chi connectivity index (χ1v) is 30.9. The van der Waals surface area contributed by atoms with Crippen molar-refractivity contribution in [1.29, 1.82) is 0 Å². The van der Waals surface area contributed by atoms with Crippen molar-refractivity contribution in [3.63, 3.8) is 0 Å². The number of piperidine rings is 3. The lowest BCUT2D eigenvalue weighted by Crippen LogP contribution is -2.51. The molecule has 5 aliphatic heterocycles. The molecule has 86 heavy (non-hydrogen) atoms. The standard InChI is InChI=1S/C25H31N5O.C24H29N5O.C20H21N3O2/c1-27-13-15-29(16-14-27)25(31)20-8-6-12-30(18-20)21-9-5-7-19(17-21)24-26-22-10-3-4-11-23(22)28(24)2;1-27-22-10-3-2-9-21(22)26-23(27)18-6-4-8-20(16-18)29-13-5-7-19(17-29)24(30)28-14-11-25-12-15-28;1-22-18-10-3-2-9-17(18)21-19(22)14-6-4-8-16(12-14)23-11-5-7-15(13-23)20(24)25/h3-5,7,9-11,17,20H,6,8,12-16,18H2,1-2H3;2-4,6,8-10,16,19,25H,5,7,11-15,17H2,1H3;2-4,6,8-10,12,15H,5,7,11,13H2,1H3,(H,24,25)/t20-;19-;15-/m000/s1. The van der Waals surface area contributed by atoms with Gasteiger partial charge in [0.2, 0.25) is 11.8 Å². The van der Waals surface area contributed by atoms with Gasteiger partial charge in [-0.15, -0.1) is 0 Å². The third kappa shape index (κ3) is 12.6. The van der Waals surface area contributed by atoms with Crippen molar-refractivity contribution in [2.75, 3.05) is 113 Å². The topological polar surface area (TPSA) is 156 Å². The normalized spacial score (nSPS) is 19.5. The number of hydrogen-bond acceptors (Lipinski definition) is 11. The lowest BCUT2D eigenvalue weighted by atomic mass is 9.95. The van der Waals surface area contributed by atoms with E-state index in [1.807, 2.05) is 54.4 Å². The number of anilines is 3. The van der Waals surface area contributed by atoms with Gasteiger partial charge in [-0.1, -0.05) is 72.8 Å². The van der Waals surface area contributed by atoms with Gasteiger partial charge in [-0.2, -0.15) is 0 Å². The first-order chi connectivity index (χ1) is 41.9. The molecule has 9 aromatic rings. The fraction of sp³-hybridized carbons (Fsp3) is 0.391. The van der Waals surface area contributed by atoms with Crippen LogP contribution >= 0.6 is 0 Å². The molecular formula is C69H81N13O4. The molecule has 6 aromatic carbocycles. The van der Waals surface area contributed by atoms with Crippen LogP contribution in [-0.2, 0) is 35.5 Å². The minimum atomic E-state index is -0.698. The fourth-order valence-electron chi connectivity index (χ4n) is 13.4. The van der Waals surface area contributed by atoms with Gasteiger partial charge in [0.1, 0.15) is 17.5 Å². The lowest BCUT2D eigenvalue weighted by Gasteiger charge is -2.39. The second-order valence-corrected chi connectivity index (χ2v) is 24.0. The molecular weight excluding hydrogens is 1070 g/mol. The van der Waals surface area contributed by atoms with Gasteiger partial charge in [-0.3, -0.25) is 14.4 Å². The summed E-state index contributed by atoms with van der Waals surface area (Å²) in [7, 11) is 8.30. The van der Waals surface area contributed by atoms with E-state index in [0.29, 0.717) is 18.4 Å². The zero-order valence-electron chi connectivity index (χ0n) is 50.3. The number of carbonyl (C=O) groups excluding carboxylic acids is 2. The molecule has 5 saturated heterocycles. The molecule has 0 radical (unpaired) electrons. The Morgan fingerprint density at radius 2 is 0.767 bits per heavy atom. The summed E-state index contributed by atoms with van der Waals surface area (Å²) in [6, 6.07) is 50.1. The minimum Gasteiger partial charge on any atom is -0.481 e. The maximum atomic E-state index is 13.1. The Labute approximate surface area is 504 Å². The number of likely N-dealkylation sites (N-methyl/N-ethyl adjacent to an activating group) is 1. The van der Waals surface area contributed by atoms with Gasteiger partial charge in [0, 0.05) is 147 Å². The SMILES string of the molecule is CN1CCN(C(=O)[C@H]2CCCN(c3cccc(-c4nc5ccccc5n4C)c3)C2)CC1.Cn1c(-c2cccc(N3CCC[C@H](C(=O)N4CCNCC4)C3)c2)nc2ccccc21.Cn1c(-c2cccc(N3CCC[C@H](C(=O)O)C3)c2)nc2ccccc21. The number of imidazole rings is 3. The Morgan fingerprint density at radius 3 is 1.14 bits per heavy atom. The number of aryl methyl sites for hydroxylation is 3. The van der Waals surface area contributed by atoms with Crippen LogP contribution in [0, 0.1) is 17.8 Å². The molecule has 17 nitrogen and oxygen atoms in total. The summed E-state index contributed by atoms with van der Waals surface area (Å²) in [6.07, 6.45) is 5.76. The third-order valence-corrected chi connectivity index (χ3v) is 18.3. The van der Waals surface area contributed by atoms with Crippen molar-refractivity contribution in [2.45, 2.75) is 38.5 Å². The van der Waals surface area contributed by atoms with E-state index in [-0.39, 0.29) is 17.8 Å². The first-order valence-electron chi connectivity index (χ1n) is 30.9. The van der Waals surface area contributed by atoms with Gasteiger partial charge in [0.25, 0.3) is 0 Å². The van der Waals surface area contributed by atoms with Gasteiger partial charge in [-0.25, -0.2) is 15.0 Å². The Hall–Kier alpha value is -8.54. The van der Waals surface area contributed by atoms with E-state index >= 15 is 0 Å². The Kier molecular flexibility index (Phi) is 17.5. The number of aromatic nitrogens is 6. The molecule has 0 spiro atoms. The molecule has 17 heteroatoms. The zero-order valence-corrected chi connectivity index (χ0v) is 50.3. The number of piperazine rings is 2. The molecule has 2 amide bonds. The average Bonchev–Trinajstić information content (AvgIpc) is 3.15. The molecule has 5 aliphatic rings. The molecule has 5 fully saturated rings. The monoisotopic (exact) mass is 1160 g/mol. The van der Waals surface area contributed by atoms with Crippen LogP contribution in [0.3, 0.4) is 0 Å². The highest BCUT2D eigenvalue weighted by atomic mass is 16.4. The average molecular weight is 1160 g/mol. The summed E-state index contributed by atoms with van der Waals surface area (Å²) in [4.78, 5) is 65.3. The van der Waals surface area contributed by atoms with Gasteiger partial charge < -0.3 is 53.5 Å². The maximum Gasteiger partial charge on any atom is 0.308 e. The van der Waals surface area contributed by atoms with Gasteiger partial charge in [0.05, 0.1) is 50.9 Å². The molecule has 0 bridgehead atoms. The predicted molar refractivity (Wildman–Crippen MR) is 344 cm³/mol. The largest absolute Gasteiger partial charge is 0.481 e. The molecule has 8 heterocycles. The number of carbonyl (C=O) groups is 3. The highest BCUT2D eigenvalue weighted by Crippen LogP contribution is 2.34. The van der Waals surface area contributed by atoms with E-state index in [0.717, 1.165) is 197 Å². The second-order valence-electron chi connectivity index (χ2n) is 24.0. The second kappa shape index (κ2) is 26.0.